The number of hydrogen-bond acceptors (Lipinski definition) is 6. The molecule has 2 amide bonds. The fraction of sp³-hybridized carbons (Fsp3) is 0.353. The molecule has 1 aliphatic heterocycles. The van der Waals surface area contributed by atoms with Crippen molar-refractivity contribution < 1.29 is 19.1 Å². The maximum atomic E-state index is 12.5. The predicted octanol–water partition coefficient (Wildman–Crippen LogP) is 3.57. The van der Waals surface area contributed by atoms with Crippen LogP contribution in [0.3, 0.4) is 0 Å². The standard InChI is InChI=1S/C17H18ClN3O4S/c1-3-25-17(23)21-7-6-12-14(9-21)26-16(19-12)20-15(22)11-8-10(18)4-5-13(11)24-2/h4-5,8H,3,6-7,9H2,1-2H3,(H,19,20,22). The van der Waals surface area contributed by atoms with Gasteiger partial charge in [-0.05, 0) is 25.1 Å². The average Bonchev–Trinajstić information content (AvgIpc) is 3.03. The van der Waals surface area contributed by atoms with E-state index >= 15 is 0 Å². The van der Waals surface area contributed by atoms with Gasteiger partial charge in [-0.15, -0.1) is 0 Å². The molecule has 0 atom stereocenters. The van der Waals surface area contributed by atoms with Gasteiger partial charge in [-0.1, -0.05) is 22.9 Å². The molecule has 0 spiro atoms. The first-order valence-electron chi connectivity index (χ1n) is 8.07. The number of thiazole rings is 1. The smallest absolute Gasteiger partial charge is 0.410 e. The number of aromatic nitrogens is 1. The number of halogens is 1. The highest BCUT2D eigenvalue weighted by Crippen LogP contribution is 2.30. The Morgan fingerprint density at radius 2 is 2.23 bits per heavy atom. The third-order valence-electron chi connectivity index (χ3n) is 3.88. The number of fused-ring (bicyclic) bond motifs is 1. The lowest BCUT2D eigenvalue weighted by atomic mass is 10.2. The topological polar surface area (TPSA) is 80.8 Å². The van der Waals surface area contributed by atoms with E-state index in [0.717, 1.165) is 10.6 Å². The quantitative estimate of drug-likeness (QED) is 0.855. The van der Waals surface area contributed by atoms with E-state index < -0.39 is 0 Å². The van der Waals surface area contributed by atoms with Gasteiger partial charge in [0.05, 0.1) is 31.5 Å². The van der Waals surface area contributed by atoms with Crippen molar-refractivity contribution in [1.29, 1.82) is 0 Å². The molecule has 7 nitrogen and oxygen atoms in total. The molecule has 0 saturated heterocycles. The Kier molecular flexibility index (Phi) is 5.63. The van der Waals surface area contributed by atoms with Crippen LogP contribution in [0.4, 0.5) is 9.93 Å². The number of carbonyl (C=O) groups excluding carboxylic acids is 2. The summed E-state index contributed by atoms with van der Waals surface area (Å²) in [5.41, 5.74) is 1.23. The van der Waals surface area contributed by atoms with Gasteiger partial charge in [-0.3, -0.25) is 10.1 Å². The van der Waals surface area contributed by atoms with Crippen LogP contribution in [0.2, 0.25) is 5.02 Å². The lowest BCUT2D eigenvalue weighted by molar-refractivity contribution is 0.102. The number of amides is 2. The van der Waals surface area contributed by atoms with Gasteiger partial charge in [0.25, 0.3) is 5.91 Å². The second-order valence-corrected chi connectivity index (χ2v) is 7.08. The van der Waals surface area contributed by atoms with E-state index in [0.29, 0.717) is 47.6 Å². The maximum absolute atomic E-state index is 12.5. The van der Waals surface area contributed by atoms with Crippen molar-refractivity contribution in [2.45, 2.75) is 19.9 Å². The van der Waals surface area contributed by atoms with Crippen LogP contribution in [0.5, 0.6) is 5.75 Å². The van der Waals surface area contributed by atoms with Crippen LogP contribution in [0.25, 0.3) is 0 Å². The molecule has 0 radical (unpaired) electrons. The third kappa shape index (κ3) is 3.91. The fourth-order valence-electron chi connectivity index (χ4n) is 2.64. The molecule has 1 aliphatic rings. The minimum atomic E-state index is -0.349. The van der Waals surface area contributed by atoms with Gasteiger partial charge in [-0.25, -0.2) is 9.78 Å². The number of carbonyl (C=O) groups is 2. The second kappa shape index (κ2) is 7.92. The Hall–Kier alpha value is -2.32. The van der Waals surface area contributed by atoms with Crippen LogP contribution in [-0.2, 0) is 17.7 Å². The van der Waals surface area contributed by atoms with Crippen molar-refractivity contribution in [1.82, 2.24) is 9.88 Å². The summed E-state index contributed by atoms with van der Waals surface area (Å²) in [6.07, 6.45) is 0.293. The summed E-state index contributed by atoms with van der Waals surface area (Å²) in [6.45, 7) is 3.10. The lowest BCUT2D eigenvalue weighted by Crippen LogP contribution is -2.35. The molecule has 1 N–H and O–H groups in total. The summed E-state index contributed by atoms with van der Waals surface area (Å²) in [6, 6.07) is 4.84. The highest BCUT2D eigenvalue weighted by Gasteiger charge is 2.25. The second-order valence-electron chi connectivity index (χ2n) is 5.56. The molecule has 0 bridgehead atoms. The van der Waals surface area contributed by atoms with Gasteiger partial charge in [0, 0.05) is 22.9 Å². The molecule has 2 heterocycles. The molecular weight excluding hydrogens is 378 g/mol. The zero-order valence-corrected chi connectivity index (χ0v) is 15.9. The Bertz CT molecular complexity index is 839. The van der Waals surface area contributed by atoms with Crippen LogP contribution in [0.15, 0.2) is 18.2 Å². The molecule has 1 aromatic carbocycles. The molecule has 3 rings (SSSR count). The first-order chi connectivity index (χ1) is 12.5. The van der Waals surface area contributed by atoms with Gasteiger partial charge in [0.1, 0.15) is 5.75 Å². The van der Waals surface area contributed by atoms with Crippen LogP contribution < -0.4 is 10.1 Å². The third-order valence-corrected chi connectivity index (χ3v) is 5.12. The molecule has 0 fully saturated rings. The molecule has 26 heavy (non-hydrogen) atoms. The zero-order valence-electron chi connectivity index (χ0n) is 14.4. The van der Waals surface area contributed by atoms with Crippen LogP contribution in [-0.4, -0.2) is 42.1 Å². The Morgan fingerprint density at radius 3 is 2.96 bits per heavy atom. The van der Waals surface area contributed by atoms with E-state index in [4.69, 9.17) is 21.1 Å². The Morgan fingerprint density at radius 1 is 1.42 bits per heavy atom. The molecular formula is C17H18ClN3O4S. The minimum absolute atomic E-state index is 0.333. The number of nitrogens with one attached hydrogen (secondary N) is 1. The van der Waals surface area contributed by atoms with Crippen LogP contribution in [0, 0.1) is 0 Å². The summed E-state index contributed by atoms with van der Waals surface area (Å²) >= 11 is 7.33. The van der Waals surface area contributed by atoms with Crippen molar-refractivity contribution in [3.8, 4) is 5.75 Å². The van der Waals surface area contributed by atoms with E-state index in [-0.39, 0.29) is 12.0 Å². The van der Waals surface area contributed by atoms with Crippen LogP contribution in [0.1, 0.15) is 27.9 Å². The van der Waals surface area contributed by atoms with Gasteiger partial charge >= 0.3 is 6.09 Å². The fourth-order valence-corrected chi connectivity index (χ4v) is 3.83. The first-order valence-corrected chi connectivity index (χ1v) is 9.26. The number of benzene rings is 1. The van der Waals surface area contributed by atoms with Gasteiger partial charge in [0.2, 0.25) is 0 Å². The largest absolute Gasteiger partial charge is 0.496 e. The molecule has 0 aliphatic carbocycles. The maximum Gasteiger partial charge on any atom is 0.410 e. The highest BCUT2D eigenvalue weighted by molar-refractivity contribution is 7.15. The van der Waals surface area contributed by atoms with Gasteiger partial charge in [0.15, 0.2) is 5.13 Å². The average molecular weight is 396 g/mol. The molecule has 2 aromatic rings. The summed E-state index contributed by atoms with van der Waals surface area (Å²) in [7, 11) is 1.49. The molecule has 9 heteroatoms. The number of nitrogens with zero attached hydrogens (tertiary/aromatic N) is 2. The number of rotatable bonds is 4. The van der Waals surface area contributed by atoms with Gasteiger partial charge < -0.3 is 14.4 Å². The number of anilines is 1. The van der Waals surface area contributed by atoms with Gasteiger partial charge in [-0.2, -0.15) is 0 Å². The summed E-state index contributed by atoms with van der Waals surface area (Å²) in [5.74, 6) is 0.0828. The van der Waals surface area contributed by atoms with Crippen molar-refractivity contribution in [2.24, 2.45) is 0 Å². The number of ether oxygens (including phenoxy) is 2. The normalized spacial score (nSPS) is 13.1. The van der Waals surface area contributed by atoms with E-state index in [2.05, 4.69) is 10.3 Å². The Balaban J connectivity index is 1.74. The molecule has 138 valence electrons. The lowest BCUT2D eigenvalue weighted by Gasteiger charge is -2.24. The van der Waals surface area contributed by atoms with Crippen molar-refractivity contribution >= 4 is 40.1 Å². The molecule has 0 saturated carbocycles. The van der Waals surface area contributed by atoms with E-state index in [9.17, 15) is 9.59 Å². The van der Waals surface area contributed by atoms with Crippen molar-refractivity contribution in [3.63, 3.8) is 0 Å². The molecule has 0 unspecified atom stereocenters. The number of methoxy groups -OCH3 is 1. The van der Waals surface area contributed by atoms with E-state index in [1.54, 1.807) is 30.0 Å². The Labute approximate surface area is 159 Å². The summed E-state index contributed by atoms with van der Waals surface area (Å²) in [4.78, 5) is 31.5. The van der Waals surface area contributed by atoms with E-state index in [1.807, 2.05) is 0 Å². The monoisotopic (exact) mass is 395 g/mol. The van der Waals surface area contributed by atoms with Crippen LogP contribution >= 0.6 is 22.9 Å². The zero-order chi connectivity index (χ0) is 18.7. The first kappa shape index (κ1) is 18.5. The van der Waals surface area contributed by atoms with E-state index in [1.165, 1.54) is 18.4 Å². The van der Waals surface area contributed by atoms with Crippen molar-refractivity contribution in [2.75, 3.05) is 25.6 Å². The SMILES string of the molecule is CCOC(=O)N1CCc2nc(NC(=O)c3cc(Cl)ccc3OC)sc2C1. The van der Waals surface area contributed by atoms with Crippen molar-refractivity contribution in [3.05, 3.63) is 39.4 Å². The summed E-state index contributed by atoms with van der Waals surface area (Å²) in [5, 5.41) is 3.71. The highest BCUT2D eigenvalue weighted by atomic mass is 35.5. The molecule has 1 aromatic heterocycles. The minimum Gasteiger partial charge on any atom is -0.496 e. The predicted molar refractivity (Wildman–Crippen MR) is 99.2 cm³/mol. The summed E-state index contributed by atoms with van der Waals surface area (Å²) < 4.78 is 10.2. The number of hydrogen-bond donors (Lipinski definition) is 1.